The fourth-order valence-corrected chi connectivity index (χ4v) is 3.26. The zero-order valence-corrected chi connectivity index (χ0v) is 12.9. The SMILES string of the molecule is O=c1c2ccccc2cnn1CCCc1nc(CCl)cs1. The molecule has 6 heteroatoms. The summed E-state index contributed by atoms with van der Waals surface area (Å²) in [6.45, 7) is 0.597. The molecule has 2 aromatic heterocycles. The topological polar surface area (TPSA) is 47.8 Å². The Morgan fingerprint density at radius 1 is 1.29 bits per heavy atom. The average Bonchev–Trinajstić information content (AvgIpc) is 2.98. The Morgan fingerprint density at radius 3 is 2.95 bits per heavy atom. The van der Waals surface area contributed by atoms with Gasteiger partial charge in [0.1, 0.15) is 0 Å². The molecule has 4 nitrogen and oxygen atoms in total. The van der Waals surface area contributed by atoms with Gasteiger partial charge >= 0.3 is 0 Å². The maximum Gasteiger partial charge on any atom is 0.274 e. The molecule has 0 spiro atoms. The van der Waals surface area contributed by atoms with Crippen molar-refractivity contribution in [1.82, 2.24) is 14.8 Å². The van der Waals surface area contributed by atoms with Crippen LogP contribution in [0.1, 0.15) is 17.1 Å². The van der Waals surface area contributed by atoms with Crippen molar-refractivity contribution in [2.75, 3.05) is 0 Å². The Bertz CT molecular complexity index is 812. The molecule has 0 unspecified atom stereocenters. The van der Waals surface area contributed by atoms with E-state index in [2.05, 4.69) is 10.1 Å². The summed E-state index contributed by atoms with van der Waals surface area (Å²) in [4.78, 5) is 16.7. The van der Waals surface area contributed by atoms with E-state index in [9.17, 15) is 4.79 Å². The van der Waals surface area contributed by atoms with Crippen LogP contribution in [0.3, 0.4) is 0 Å². The first-order chi connectivity index (χ1) is 10.3. The van der Waals surface area contributed by atoms with Crippen molar-refractivity contribution in [3.05, 3.63) is 56.9 Å². The predicted molar refractivity (Wildman–Crippen MR) is 86.0 cm³/mol. The monoisotopic (exact) mass is 319 g/mol. The highest BCUT2D eigenvalue weighted by molar-refractivity contribution is 7.09. The number of aryl methyl sites for hydroxylation is 2. The molecule has 0 aliphatic rings. The van der Waals surface area contributed by atoms with Crippen LogP contribution in [0.15, 0.2) is 40.6 Å². The lowest BCUT2D eigenvalue weighted by atomic mass is 10.2. The van der Waals surface area contributed by atoms with Gasteiger partial charge in [-0.2, -0.15) is 5.10 Å². The number of fused-ring (bicyclic) bond motifs is 1. The van der Waals surface area contributed by atoms with Gasteiger partial charge in [-0.1, -0.05) is 18.2 Å². The van der Waals surface area contributed by atoms with Crippen molar-refractivity contribution < 1.29 is 0 Å². The number of rotatable bonds is 5. The second-order valence-electron chi connectivity index (χ2n) is 4.73. The molecule has 0 bridgehead atoms. The fraction of sp³-hybridized carbons (Fsp3) is 0.267. The number of halogens is 1. The zero-order valence-electron chi connectivity index (χ0n) is 11.3. The van der Waals surface area contributed by atoms with E-state index in [1.165, 1.54) is 4.68 Å². The standard InChI is InChI=1S/C15H14ClN3OS/c16-8-12-10-21-14(18-12)6-3-7-19-15(20)13-5-2-1-4-11(13)9-17-19/h1-2,4-5,9-10H,3,6-8H2. The quantitative estimate of drug-likeness (QED) is 0.678. The lowest BCUT2D eigenvalue weighted by Gasteiger charge is -2.05. The molecule has 21 heavy (non-hydrogen) atoms. The summed E-state index contributed by atoms with van der Waals surface area (Å²) in [5, 5.41) is 8.85. The highest BCUT2D eigenvalue weighted by atomic mass is 35.5. The number of nitrogens with zero attached hydrogens (tertiary/aromatic N) is 3. The number of benzene rings is 1. The van der Waals surface area contributed by atoms with Crippen molar-refractivity contribution in [2.45, 2.75) is 25.3 Å². The van der Waals surface area contributed by atoms with E-state index in [1.54, 1.807) is 17.5 Å². The molecule has 0 aliphatic carbocycles. The van der Waals surface area contributed by atoms with Gasteiger partial charge in [0.05, 0.1) is 28.2 Å². The van der Waals surface area contributed by atoms with Gasteiger partial charge in [0.15, 0.2) is 0 Å². The number of thiazole rings is 1. The van der Waals surface area contributed by atoms with Gasteiger partial charge in [-0.15, -0.1) is 22.9 Å². The van der Waals surface area contributed by atoms with Crippen LogP contribution in [0.5, 0.6) is 0 Å². The summed E-state index contributed by atoms with van der Waals surface area (Å²) < 4.78 is 1.53. The Balaban J connectivity index is 1.70. The zero-order chi connectivity index (χ0) is 14.7. The molecule has 108 valence electrons. The third-order valence-electron chi connectivity index (χ3n) is 3.26. The summed E-state index contributed by atoms with van der Waals surface area (Å²) >= 11 is 7.35. The van der Waals surface area contributed by atoms with E-state index in [1.807, 2.05) is 29.6 Å². The van der Waals surface area contributed by atoms with Crippen LogP contribution in [0, 0.1) is 0 Å². The Hall–Kier alpha value is -1.72. The molecule has 0 aliphatic heterocycles. The Morgan fingerprint density at radius 2 is 2.14 bits per heavy atom. The van der Waals surface area contributed by atoms with Crippen molar-refractivity contribution in [2.24, 2.45) is 0 Å². The summed E-state index contributed by atoms with van der Waals surface area (Å²) in [5.74, 6) is 0.447. The molecule has 3 rings (SSSR count). The van der Waals surface area contributed by atoms with Gasteiger partial charge < -0.3 is 0 Å². The largest absolute Gasteiger partial charge is 0.274 e. The van der Waals surface area contributed by atoms with Crippen LogP contribution in [0.25, 0.3) is 10.8 Å². The van der Waals surface area contributed by atoms with Crippen molar-refractivity contribution in [3.8, 4) is 0 Å². The maximum absolute atomic E-state index is 12.3. The lowest BCUT2D eigenvalue weighted by molar-refractivity contribution is 0.553. The molecule has 0 N–H and O–H groups in total. The molecule has 0 saturated heterocycles. The highest BCUT2D eigenvalue weighted by Gasteiger charge is 2.05. The summed E-state index contributed by atoms with van der Waals surface area (Å²) in [6.07, 6.45) is 3.41. The third-order valence-corrected chi connectivity index (χ3v) is 4.49. The average molecular weight is 320 g/mol. The van der Waals surface area contributed by atoms with Crippen molar-refractivity contribution in [3.63, 3.8) is 0 Å². The van der Waals surface area contributed by atoms with E-state index in [0.717, 1.165) is 28.9 Å². The van der Waals surface area contributed by atoms with Crippen LogP contribution < -0.4 is 5.56 Å². The fourth-order valence-electron chi connectivity index (χ4n) is 2.19. The van der Waals surface area contributed by atoms with Gasteiger partial charge in [-0.25, -0.2) is 9.67 Å². The minimum absolute atomic E-state index is 0.0336. The number of hydrogen-bond acceptors (Lipinski definition) is 4. The van der Waals surface area contributed by atoms with Gasteiger partial charge in [0.2, 0.25) is 0 Å². The van der Waals surface area contributed by atoms with Crippen LogP contribution in [-0.4, -0.2) is 14.8 Å². The Kier molecular flexibility index (Phi) is 4.31. The molecule has 0 atom stereocenters. The van der Waals surface area contributed by atoms with E-state index in [0.29, 0.717) is 17.8 Å². The van der Waals surface area contributed by atoms with Crippen LogP contribution in [-0.2, 0) is 18.8 Å². The Labute approximate surface area is 131 Å². The number of alkyl halides is 1. The van der Waals surface area contributed by atoms with E-state index in [4.69, 9.17) is 11.6 Å². The highest BCUT2D eigenvalue weighted by Crippen LogP contribution is 2.13. The number of hydrogen-bond donors (Lipinski definition) is 0. The molecular weight excluding hydrogens is 306 g/mol. The smallest absolute Gasteiger partial charge is 0.267 e. The summed E-state index contributed by atoms with van der Waals surface area (Å²) in [7, 11) is 0. The second kappa shape index (κ2) is 6.37. The lowest BCUT2D eigenvalue weighted by Crippen LogP contribution is -2.23. The minimum atomic E-state index is -0.0336. The maximum atomic E-state index is 12.3. The first-order valence-electron chi connectivity index (χ1n) is 6.72. The number of aromatic nitrogens is 3. The van der Waals surface area contributed by atoms with E-state index < -0.39 is 0 Å². The van der Waals surface area contributed by atoms with Crippen molar-refractivity contribution >= 4 is 33.7 Å². The summed E-state index contributed by atoms with van der Waals surface area (Å²) in [5.41, 5.74) is 0.881. The second-order valence-corrected chi connectivity index (χ2v) is 5.94. The van der Waals surface area contributed by atoms with E-state index >= 15 is 0 Å². The van der Waals surface area contributed by atoms with Crippen LogP contribution >= 0.6 is 22.9 Å². The van der Waals surface area contributed by atoms with Crippen LogP contribution in [0.2, 0.25) is 0 Å². The minimum Gasteiger partial charge on any atom is -0.267 e. The third kappa shape index (κ3) is 3.14. The van der Waals surface area contributed by atoms with Crippen LogP contribution in [0.4, 0.5) is 0 Å². The molecule has 0 fully saturated rings. The molecule has 3 aromatic rings. The first kappa shape index (κ1) is 14.2. The van der Waals surface area contributed by atoms with Crippen molar-refractivity contribution in [1.29, 1.82) is 0 Å². The van der Waals surface area contributed by atoms with Gasteiger partial charge in [0, 0.05) is 23.7 Å². The molecule has 1 aromatic carbocycles. The molecule has 0 saturated carbocycles. The first-order valence-corrected chi connectivity index (χ1v) is 8.13. The molecule has 0 radical (unpaired) electrons. The van der Waals surface area contributed by atoms with E-state index in [-0.39, 0.29) is 5.56 Å². The van der Waals surface area contributed by atoms with Gasteiger partial charge in [-0.05, 0) is 12.5 Å². The molecule has 2 heterocycles. The molecular formula is C15H14ClN3OS. The van der Waals surface area contributed by atoms with Gasteiger partial charge in [-0.3, -0.25) is 4.79 Å². The molecule has 0 amide bonds. The normalized spacial score (nSPS) is 11.1. The van der Waals surface area contributed by atoms with Gasteiger partial charge in [0.25, 0.3) is 5.56 Å². The predicted octanol–water partition coefficient (Wildman–Crippen LogP) is 3.22. The summed E-state index contributed by atoms with van der Waals surface area (Å²) in [6, 6.07) is 7.52.